The zero-order valence-corrected chi connectivity index (χ0v) is 16.5. The average molecular weight is 384 g/mol. The van der Waals surface area contributed by atoms with E-state index in [4.69, 9.17) is 0 Å². The third-order valence-electron chi connectivity index (χ3n) is 5.38. The Kier molecular flexibility index (Phi) is 5.43. The first kappa shape index (κ1) is 18.9. The van der Waals surface area contributed by atoms with Crippen molar-refractivity contribution in [2.75, 3.05) is 18.0 Å². The van der Waals surface area contributed by atoms with Crippen LogP contribution in [0.4, 0.5) is 5.69 Å². The Hall–Kier alpha value is -3.40. The Morgan fingerprint density at radius 1 is 0.897 bits per heavy atom. The van der Waals surface area contributed by atoms with Gasteiger partial charge in [-0.05, 0) is 48.7 Å². The highest BCUT2D eigenvalue weighted by atomic mass is 16.2. The Bertz CT molecular complexity index is 1020. The molecule has 0 fully saturated rings. The van der Waals surface area contributed by atoms with E-state index < -0.39 is 0 Å². The number of amides is 2. The van der Waals surface area contributed by atoms with E-state index in [1.807, 2.05) is 90.7 Å². The van der Waals surface area contributed by atoms with Crippen molar-refractivity contribution in [3.8, 4) is 0 Å². The number of hydrogen-bond donors (Lipinski definition) is 0. The second-order valence-electron chi connectivity index (χ2n) is 7.22. The topological polar surface area (TPSA) is 40.6 Å². The minimum Gasteiger partial charge on any atom is -0.335 e. The van der Waals surface area contributed by atoms with Crippen molar-refractivity contribution in [2.45, 2.75) is 19.9 Å². The molecule has 0 atom stereocenters. The van der Waals surface area contributed by atoms with Gasteiger partial charge < -0.3 is 9.80 Å². The smallest absolute Gasteiger partial charge is 0.258 e. The van der Waals surface area contributed by atoms with Gasteiger partial charge in [0, 0.05) is 36.4 Å². The van der Waals surface area contributed by atoms with Crippen LogP contribution in [0.25, 0.3) is 0 Å². The third-order valence-corrected chi connectivity index (χ3v) is 5.38. The number of nitrogens with zero attached hydrogens (tertiary/aromatic N) is 2. The SMILES string of the molecule is CCN(Cc1ccccc1)C(=O)c1ccc2c(c1)N(C(=O)c1ccccc1)CC2. The molecule has 0 N–H and O–H groups in total. The van der Waals surface area contributed by atoms with Gasteiger partial charge in [0.1, 0.15) is 0 Å². The van der Waals surface area contributed by atoms with Gasteiger partial charge in [-0.25, -0.2) is 0 Å². The van der Waals surface area contributed by atoms with Crippen LogP contribution in [0.15, 0.2) is 78.9 Å². The van der Waals surface area contributed by atoms with E-state index in [0.29, 0.717) is 30.8 Å². The van der Waals surface area contributed by atoms with Crippen molar-refractivity contribution in [3.63, 3.8) is 0 Å². The molecule has 0 saturated heterocycles. The predicted molar refractivity (Wildman–Crippen MR) is 115 cm³/mol. The minimum absolute atomic E-state index is 0.0156. The molecular weight excluding hydrogens is 360 g/mol. The van der Waals surface area contributed by atoms with Gasteiger partial charge in [-0.2, -0.15) is 0 Å². The van der Waals surface area contributed by atoms with Crippen LogP contribution in [0.3, 0.4) is 0 Å². The molecule has 2 amide bonds. The summed E-state index contributed by atoms with van der Waals surface area (Å²) in [4.78, 5) is 29.7. The van der Waals surface area contributed by atoms with E-state index in [0.717, 1.165) is 23.2 Å². The van der Waals surface area contributed by atoms with E-state index >= 15 is 0 Å². The lowest BCUT2D eigenvalue weighted by atomic mass is 10.1. The molecule has 1 aliphatic heterocycles. The van der Waals surface area contributed by atoms with Crippen LogP contribution >= 0.6 is 0 Å². The molecule has 3 aromatic rings. The molecule has 0 aromatic heterocycles. The maximum absolute atomic E-state index is 13.1. The molecule has 0 saturated carbocycles. The molecule has 0 bridgehead atoms. The highest BCUT2D eigenvalue weighted by Gasteiger charge is 2.27. The number of carbonyl (C=O) groups is 2. The average Bonchev–Trinajstić information content (AvgIpc) is 3.21. The molecule has 3 aromatic carbocycles. The summed E-state index contributed by atoms with van der Waals surface area (Å²) < 4.78 is 0. The Morgan fingerprint density at radius 3 is 2.28 bits per heavy atom. The van der Waals surface area contributed by atoms with E-state index in [1.54, 1.807) is 4.90 Å². The van der Waals surface area contributed by atoms with Gasteiger partial charge in [-0.1, -0.05) is 54.6 Å². The van der Waals surface area contributed by atoms with Gasteiger partial charge in [0.25, 0.3) is 11.8 Å². The fraction of sp³-hybridized carbons (Fsp3) is 0.200. The molecule has 1 aliphatic rings. The number of hydrogen-bond acceptors (Lipinski definition) is 2. The lowest BCUT2D eigenvalue weighted by Gasteiger charge is -2.22. The summed E-state index contributed by atoms with van der Waals surface area (Å²) >= 11 is 0. The van der Waals surface area contributed by atoms with Crippen LogP contribution in [0.1, 0.15) is 38.8 Å². The fourth-order valence-corrected chi connectivity index (χ4v) is 3.77. The summed E-state index contributed by atoms with van der Waals surface area (Å²) in [5.74, 6) is -0.0382. The predicted octanol–water partition coefficient (Wildman–Crippen LogP) is 4.55. The zero-order valence-electron chi connectivity index (χ0n) is 16.5. The molecule has 0 spiro atoms. The zero-order chi connectivity index (χ0) is 20.2. The second kappa shape index (κ2) is 8.31. The summed E-state index contributed by atoms with van der Waals surface area (Å²) in [6.07, 6.45) is 0.809. The van der Waals surface area contributed by atoms with E-state index in [2.05, 4.69) is 0 Å². The van der Waals surface area contributed by atoms with Crippen LogP contribution < -0.4 is 4.90 Å². The fourth-order valence-electron chi connectivity index (χ4n) is 3.77. The highest BCUT2D eigenvalue weighted by molar-refractivity contribution is 6.08. The number of carbonyl (C=O) groups excluding carboxylic acids is 2. The van der Waals surface area contributed by atoms with Gasteiger partial charge in [-0.15, -0.1) is 0 Å². The van der Waals surface area contributed by atoms with Crippen LogP contribution in [0, 0.1) is 0 Å². The first-order valence-electron chi connectivity index (χ1n) is 10.0. The van der Waals surface area contributed by atoms with Crippen molar-refractivity contribution in [1.82, 2.24) is 4.90 Å². The Labute approximate surface area is 171 Å². The molecular formula is C25H24N2O2. The third kappa shape index (κ3) is 3.92. The molecule has 4 rings (SSSR count). The van der Waals surface area contributed by atoms with Crippen molar-refractivity contribution in [2.24, 2.45) is 0 Å². The molecule has 0 radical (unpaired) electrons. The molecule has 1 heterocycles. The summed E-state index contributed by atoms with van der Waals surface area (Å²) in [5.41, 5.74) is 4.34. The number of anilines is 1. The first-order valence-corrected chi connectivity index (χ1v) is 10.0. The summed E-state index contributed by atoms with van der Waals surface area (Å²) in [5, 5.41) is 0. The maximum Gasteiger partial charge on any atom is 0.258 e. The maximum atomic E-state index is 13.1. The number of fused-ring (bicyclic) bond motifs is 1. The number of benzene rings is 3. The molecule has 4 heteroatoms. The quantitative estimate of drug-likeness (QED) is 0.647. The van der Waals surface area contributed by atoms with Crippen molar-refractivity contribution in [1.29, 1.82) is 0 Å². The van der Waals surface area contributed by atoms with Crippen LogP contribution in [0.5, 0.6) is 0 Å². The lowest BCUT2D eigenvalue weighted by molar-refractivity contribution is 0.0752. The molecule has 4 nitrogen and oxygen atoms in total. The number of rotatable bonds is 5. The minimum atomic E-state index is -0.0226. The lowest BCUT2D eigenvalue weighted by Crippen LogP contribution is -2.31. The standard InChI is InChI=1S/C25H24N2O2/c1-2-26(18-19-9-5-3-6-10-19)24(28)22-14-13-20-15-16-27(23(20)17-22)25(29)21-11-7-4-8-12-21/h3-14,17H,2,15-16,18H2,1H3. The largest absolute Gasteiger partial charge is 0.335 e. The first-order chi connectivity index (χ1) is 14.2. The van der Waals surface area contributed by atoms with Crippen LogP contribution in [-0.4, -0.2) is 29.8 Å². The van der Waals surface area contributed by atoms with Crippen molar-refractivity contribution < 1.29 is 9.59 Å². The van der Waals surface area contributed by atoms with Crippen LogP contribution in [-0.2, 0) is 13.0 Å². The van der Waals surface area contributed by atoms with E-state index in [1.165, 1.54) is 0 Å². The van der Waals surface area contributed by atoms with E-state index in [9.17, 15) is 9.59 Å². The van der Waals surface area contributed by atoms with Gasteiger partial charge in [-0.3, -0.25) is 9.59 Å². The highest BCUT2D eigenvalue weighted by Crippen LogP contribution is 2.31. The van der Waals surface area contributed by atoms with Crippen molar-refractivity contribution >= 4 is 17.5 Å². The normalized spacial score (nSPS) is 12.5. The summed E-state index contributed by atoms with van der Waals surface area (Å²) in [7, 11) is 0. The van der Waals surface area contributed by atoms with Gasteiger partial charge in [0.15, 0.2) is 0 Å². The van der Waals surface area contributed by atoms with Gasteiger partial charge >= 0.3 is 0 Å². The monoisotopic (exact) mass is 384 g/mol. The Balaban J connectivity index is 1.58. The van der Waals surface area contributed by atoms with Gasteiger partial charge in [0.2, 0.25) is 0 Å². The molecule has 0 aliphatic carbocycles. The van der Waals surface area contributed by atoms with E-state index in [-0.39, 0.29) is 11.8 Å². The summed E-state index contributed by atoms with van der Waals surface area (Å²) in [6, 6.07) is 25.0. The van der Waals surface area contributed by atoms with Crippen LogP contribution in [0.2, 0.25) is 0 Å². The van der Waals surface area contributed by atoms with Gasteiger partial charge in [0.05, 0.1) is 0 Å². The second-order valence-corrected chi connectivity index (χ2v) is 7.22. The van der Waals surface area contributed by atoms with Crippen molar-refractivity contribution in [3.05, 3.63) is 101 Å². The molecule has 0 unspecified atom stereocenters. The molecule has 146 valence electrons. The Morgan fingerprint density at radius 2 is 1.59 bits per heavy atom. The summed E-state index contributed by atoms with van der Waals surface area (Å²) in [6.45, 7) is 3.82. The molecule has 29 heavy (non-hydrogen) atoms.